The first-order chi connectivity index (χ1) is 12.0. The third kappa shape index (κ3) is 3.83. The van der Waals surface area contributed by atoms with Crippen LogP contribution in [0.15, 0.2) is 29.1 Å². The summed E-state index contributed by atoms with van der Waals surface area (Å²) in [6, 6.07) is 6.91. The molecule has 0 aliphatic heterocycles. The summed E-state index contributed by atoms with van der Waals surface area (Å²) in [4.78, 5) is 32.1. The highest BCUT2D eigenvalue weighted by atomic mass is 35.5. The fourth-order valence-corrected chi connectivity index (χ4v) is 3.58. The number of thiophene rings is 1. The zero-order valence-corrected chi connectivity index (χ0v) is 15.2. The van der Waals surface area contributed by atoms with Crippen LogP contribution in [0.1, 0.15) is 21.1 Å². The average Bonchev–Trinajstić information content (AvgIpc) is 2.90. The smallest absolute Gasteiger partial charge is 0.348 e. The molecule has 0 aliphatic rings. The number of aryl methyl sites for hydroxylation is 2. The Morgan fingerprint density at radius 2 is 1.96 bits per heavy atom. The maximum absolute atomic E-state index is 12.3. The molecule has 0 unspecified atom stereocenters. The van der Waals surface area contributed by atoms with Crippen molar-refractivity contribution in [2.45, 2.75) is 13.8 Å². The van der Waals surface area contributed by atoms with E-state index in [1.165, 1.54) is 0 Å². The summed E-state index contributed by atoms with van der Waals surface area (Å²) in [5.41, 5.74) is 0.332. The van der Waals surface area contributed by atoms with Gasteiger partial charge in [0.15, 0.2) is 0 Å². The van der Waals surface area contributed by atoms with Crippen molar-refractivity contribution in [2.75, 3.05) is 13.2 Å². The molecule has 0 amide bonds. The van der Waals surface area contributed by atoms with Gasteiger partial charge in [-0.2, -0.15) is 0 Å². The second-order valence-corrected chi connectivity index (χ2v) is 6.76. The second-order valence-electron chi connectivity index (χ2n) is 5.33. The number of hydrogen-bond acceptors (Lipinski definition) is 6. The van der Waals surface area contributed by atoms with E-state index in [1.807, 2.05) is 0 Å². The molecule has 0 bridgehead atoms. The van der Waals surface area contributed by atoms with Crippen molar-refractivity contribution < 1.29 is 14.3 Å². The van der Waals surface area contributed by atoms with E-state index < -0.39 is 5.97 Å². The molecule has 3 aromatic rings. The third-order valence-electron chi connectivity index (χ3n) is 3.50. The van der Waals surface area contributed by atoms with E-state index in [0.29, 0.717) is 37.3 Å². The minimum atomic E-state index is -0.489. The van der Waals surface area contributed by atoms with Gasteiger partial charge in [0.05, 0.1) is 5.39 Å². The molecule has 1 aromatic carbocycles. The van der Waals surface area contributed by atoms with Crippen LogP contribution in [-0.2, 0) is 4.74 Å². The Morgan fingerprint density at radius 3 is 2.68 bits per heavy atom. The first-order valence-corrected chi connectivity index (χ1v) is 8.70. The quantitative estimate of drug-likeness (QED) is 0.543. The van der Waals surface area contributed by atoms with Crippen LogP contribution in [0.5, 0.6) is 5.75 Å². The largest absolute Gasteiger partial charge is 0.490 e. The van der Waals surface area contributed by atoms with Crippen molar-refractivity contribution in [1.29, 1.82) is 0 Å². The number of esters is 1. The summed E-state index contributed by atoms with van der Waals surface area (Å²) in [7, 11) is 0. The molecule has 6 nitrogen and oxygen atoms in total. The number of nitrogens with one attached hydrogen (secondary N) is 1. The van der Waals surface area contributed by atoms with Crippen LogP contribution >= 0.6 is 22.9 Å². The third-order valence-corrected chi connectivity index (χ3v) is 4.92. The van der Waals surface area contributed by atoms with E-state index >= 15 is 0 Å². The van der Waals surface area contributed by atoms with Crippen molar-refractivity contribution in [3.8, 4) is 5.75 Å². The molecule has 0 saturated heterocycles. The lowest BCUT2D eigenvalue weighted by atomic mass is 10.2. The van der Waals surface area contributed by atoms with E-state index in [4.69, 9.17) is 21.1 Å². The van der Waals surface area contributed by atoms with Crippen LogP contribution in [0.3, 0.4) is 0 Å². The van der Waals surface area contributed by atoms with Gasteiger partial charge in [0, 0.05) is 5.02 Å². The predicted octanol–water partition coefficient (Wildman–Crippen LogP) is 3.49. The summed E-state index contributed by atoms with van der Waals surface area (Å²) in [6.45, 7) is 3.72. The Balaban J connectivity index is 1.64. The van der Waals surface area contributed by atoms with E-state index in [9.17, 15) is 9.59 Å². The lowest BCUT2D eigenvalue weighted by Gasteiger charge is -2.07. The van der Waals surface area contributed by atoms with Crippen LogP contribution in [0.25, 0.3) is 10.2 Å². The van der Waals surface area contributed by atoms with Gasteiger partial charge in [-0.15, -0.1) is 11.3 Å². The Kier molecular flexibility index (Phi) is 5.06. The standard InChI is InChI=1S/C17H15ClN2O4S/c1-9-13-15(21)19-10(2)20-16(13)25-14(9)17(22)24-8-7-23-12-5-3-11(18)4-6-12/h3-6H,7-8H2,1-2H3,(H,19,20,21). The number of carbonyl (C=O) groups excluding carboxylic acids is 1. The molecule has 130 valence electrons. The van der Waals surface area contributed by atoms with Crippen LogP contribution in [0, 0.1) is 13.8 Å². The molecule has 25 heavy (non-hydrogen) atoms. The summed E-state index contributed by atoms with van der Waals surface area (Å²) in [5.74, 6) is 0.664. The molecular formula is C17H15ClN2O4S. The molecule has 8 heteroatoms. The molecule has 0 atom stereocenters. The fraction of sp³-hybridized carbons (Fsp3) is 0.235. The SMILES string of the molecule is Cc1nc2sc(C(=O)OCCOc3ccc(Cl)cc3)c(C)c2c(=O)[nH]1. The topological polar surface area (TPSA) is 81.3 Å². The van der Waals surface area contributed by atoms with Crippen LogP contribution < -0.4 is 10.3 Å². The van der Waals surface area contributed by atoms with Crippen LogP contribution in [-0.4, -0.2) is 29.2 Å². The Bertz CT molecular complexity index is 979. The first kappa shape index (κ1) is 17.4. The van der Waals surface area contributed by atoms with Crippen molar-refractivity contribution >= 4 is 39.1 Å². The number of rotatable bonds is 5. The highest BCUT2D eigenvalue weighted by Crippen LogP contribution is 2.27. The number of halogens is 1. The second kappa shape index (κ2) is 7.25. The highest BCUT2D eigenvalue weighted by molar-refractivity contribution is 7.20. The number of aromatic amines is 1. The van der Waals surface area contributed by atoms with Gasteiger partial charge in [0.25, 0.3) is 5.56 Å². The van der Waals surface area contributed by atoms with Gasteiger partial charge in [0.2, 0.25) is 0 Å². The summed E-state index contributed by atoms with van der Waals surface area (Å²) >= 11 is 6.95. The molecule has 0 spiro atoms. The maximum Gasteiger partial charge on any atom is 0.348 e. The number of carbonyl (C=O) groups is 1. The van der Waals surface area contributed by atoms with E-state index in [2.05, 4.69) is 9.97 Å². The molecule has 2 heterocycles. The number of fused-ring (bicyclic) bond motifs is 1. The Hall–Kier alpha value is -2.38. The zero-order valence-electron chi connectivity index (χ0n) is 13.6. The van der Waals surface area contributed by atoms with Gasteiger partial charge < -0.3 is 14.5 Å². The number of hydrogen-bond donors (Lipinski definition) is 1. The molecule has 3 rings (SSSR count). The minimum Gasteiger partial charge on any atom is -0.490 e. The van der Waals surface area contributed by atoms with Gasteiger partial charge in [0.1, 0.15) is 34.5 Å². The van der Waals surface area contributed by atoms with E-state index in [0.717, 1.165) is 11.3 Å². The van der Waals surface area contributed by atoms with Gasteiger partial charge in [-0.25, -0.2) is 9.78 Å². The molecule has 2 aromatic heterocycles. The predicted molar refractivity (Wildman–Crippen MR) is 96.9 cm³/mol. The van der Waals surface area contributed by atoms with Gasteiger partial charge in [-0.05, 0) is 43.7 Å². The lowest BCUT2D eigenvalue weighted by Crippen LogP contribution is -2.13. The normalized spacial score (nSPS) is 10.8. The summed E-state index contributed by atoms with van der Waals surface area (Å²) in [6.07, 6.45) is 0. The van der Waals surface area contributed by atoms with Crippen molar-refractivity contribution in [2.24, 2.45) is 0 Å². The van der Waals surface area contributed by atoms with Gasteiger partial charge in [-0.1, -0.05) is 11.6 Å². The Morgan fingerprint density at radius 1 is 1.24 bits per heavy atom. The number of H-pyrrole nitrogens is 1. The van der Waals surface area contributed by atoms with Gasteiger partial charge in [-0.3, -0.25) is 4.79 Å². The monoisotopic (exact) mass is 378 g/mol. The van der Waals surface area contributed by atoms with Crippen molar-refractivity contribution in [1.82, 2.24) is 9.97 Å². The van der Waals surface area contributed by atoms with Crippen LogP contribution in [0.2, 0.25) is 5.02 Å². The zero-order chi connectivity index (χ0) is 18.0. The highest BCUT2D eigenvalue weighted by Gasteiger charge is 2.20. The summed E-state index contributed by atoms with van der Waals surface area (Å²) < 4.78 is 10.7. The fourth-order valence-electron chi connectivity index (χ4n) is 2.34. The molecule has 0 saturated carbocycles. The van der Waals surface area contributed by atoms with Crippen molar-refractivity contribution in [3.05, 3.63) is 55.9 Å². The Labute approximate surface area is 152 Å². The number of nitrogens with zero attached hydrogens (tertiary/aromatic N) is 1. The molecular weight excluding hydrogens is 364 g/mol. The minimum absolute atomic E-state index is 0.0952. The molecule has 1 N–H and O–H groups in total. The maximum atomic E-state index is 12.3. The van der Waals surface area contributed by atoms with Gasteiger partial charge >= 0.3 is 5.97 Å². The molecule has 0 radical (unpaired) electrons. The molecule has 0 aliphatic carbocycles. The van der Waals surface area contributed by atoms with E-state index in [-0.39, 0.29) is 18.8 Å². The number of ether oxygens (including phenoxy) is 2. The molecule has 0 fully saturated rings. The average molecular weight is 379 g/mol. The van der Waals surface area contributed by atoms with E-state index in [1.54, 1.807) is 38.1 Å². The number of aromatic nitrogens is 2. The van der Waals surface area contributed by atoms with Crippen molar-refractivity contribution in [3.63, 3.8) is 0 Å². The van der Waals surface area contributed by atoms with Crippen LogP contribution in [0.4, 0.5) is 0 Å². The number of benzene rings is 1. The first-order valence-electron chi connectivity index (χ1n) is 7.51. The lowest BCUT2D eigenvalue weighted by molar-refractivity contribution is 0.0455. The summed E-state index contributed by atoms with van der Waals surface area (Å²) in [5, 5.41) is 1.05.